The average Bonchev–Trinajstić information content (AvgIpc) is 3.54. The van der Waals surface area contributed by atoms with Crippen LogP contribution in [0.3, 0.4) is 0 Å². The highest BCUT2D eigenvalue weighted by Crippen LogP contribution is 2.37. The first-order valence-corrected chi connectivity index (χ1v) is 16.8. The number of phenols is 1. The number of benzene rings is 2. The molecule has 3 rings (SSSR count). The zero-order valence-corrected chi connectivity index (χ0v) is 27.3. The molecule has 0 saturated heterocycles. The first-order chi connectivity index (χ1) is 22.4. The number of furan rings is 1. The SMILES string of the molecule is CCCCCC(C(=O)NCNC(=O)c1ccc(-c2cc(OCC)cc(P(=O)(O)O)c2)o1)[C@@H](CC)N(C=O)OC(=O)c1ccccc1O. The summed E-state index contributed by atoms with van der Waals surface area (Å²) in [5, 5.41) is 15.7. The molecular weight excluding hydrogens is 633 g/mol. The monoisotopic (exact) mass is 673 g/mol. The second-order valence-corrected chi connectivity index (χ2v) is 12.1. The number of amides is 3. The number of nitrogens with one attached hydrogen (secondary N) is 2. The minimum absolute atomic E-state index is 0.122. The largest absolute Gasteiger partial charge is 0.507 e. The van der Waals surface area contributed by atoms with Crippen molar-refractivity contribution in [2.75, 3.05) is 13.3 Å². The van der Waals surface area contributed by atoms with E-state index in [1.165, 1.54) is 54.6 Å². The molecule has 0 radical (unpaired) electrons. The zero-order valence-electron chi connectivity index (χ0n) is 26.4. The van der Waals surface area contributed by atoms with Crippen molar-refractivity contribution in [3.63, 3.8) is 0 Å². The molecule has 2 atom stereocenters. The van der Waals surface area contributed by atoms with E-state index in [0.717, 1.165) is 17.9 Å². The van der Waals surface area contributed by atoms with E-state index >= 15 is 0 Å². The van der Waals surface area contributed by atoms with Gasteiger partial charge in [-0.3, -0.25) is 18.9 Å². The van der Waals surface area contributed by atoms with Crippen LogP contribution in [0.25, 0.3) is 11.3 Å². The van der Waals surface area contributed by atoms with Gasteiger partial charge in [-0.15, -0.1) is 0 Å². The zero-order chi connectivity index (χ0) is 34.6. The van der Waals surface area contributed by atoms with Gasteiger partial charge >= 0.3 is 13.6 Å². The van der Waals surface area contributed by atoms with Crippen molar-refractivity contribution in [3.8, 4) is 22.8 Å². The van der Waals surface area contributed by atoms with Crippen molar-refractivity contribution in [2.45, 2.75) is 58.9 Å². The number of hydrogen-bond donors (Lipinski definition) is 5. The Morgan fingerprint density at radius 3 is 2.40 bits per heavy atom. The van der Waals surface area contributed by atoms with Crippen LogP contribution in [0.5, 0.6) is 11.5 Å². The first kappa shape index (κ1) is 36.8. The van der Waals surface area contributed by atoms with Gasteiger partial charge in [0.15, 0.2) is 5.76 Å². The summed E-state index contributed by atoms with van der Waals surface area (Å²) in [6.07, 6.45) is 3.29. The highest BCUT2D eigenvalue weighted by Gasteiger charge is 2.34. The summed E-state index contributed by atoms with van der Waals surface area (Å²) >= 11 is 0. The van der Waals surface area contributed by atoms with E-state index in [1.807, 2.05) is 6.92 Å². The van der Waals surface area contributed by atoms with Crippen molar-refractivity contribution in [3.05, 3.63) is 65.9 Å². The van der Waals surface area contributed by atoms with E-state index in [0.29, 0.717) is 19.3 Å². The van der Waals surface area contributed by atoms with E-state index in [-0.39, 0.29) is 59.1 Å². The number of hydroxylamine groups is 2. The van der Waals surface area contributed by atoms with Crippen LogP contribution in [0.2, 0.25) is 0 Å². The summed E-state index contributed by atoms with van der Waals surface area (Å²) in [6.45, 7) is 5.42. The summed E-state index contributed by atoms with van der Waals surface area (Å²) in [6, 6.07) is 11.7. The predicted octanol–water partition coefficient (Wildman–Crippen LogP) is 3.86. The molecule has 3 aromatic rings. The maximum atomic E-state index is 13.4. The van der Waals surface area contributed by atoms with E-state index in [9.17, 15) is 38.6 Å². The standard InChI is InChI=1S/C32H40N3O11P/c1-4-7-8-11-24(26(5-2)35(20-36)46-32(40)25-12-9-10-13-27(25)37)30(38)33-19-34-31(39)29-15-14-28(45-29)21-16-22(44-6-3)18-23(17-21)47(41,42)43/h9-10,12-18,20,24,26,37H,4-8,11,19H2,1-3H3,(H,33,38)(H,34,39)(H2,41,42,43)/t24?,26-/m1/s1. The molecule has 0 aliphatic carbocycles. The maximum Gasteiger partial charge on any atom is 0.366 e. The molecule has 47 heavy (non-hydrogen) atoms. The van der Waals surface area contributed by atoms with Gasteiger partial charge in [0.1, 0.15) is 22.8 Å². The molecule has 3 amide bonds. The third-order valence-electron chi connectivity index (χ3n) is 7.25. The molecule has 15 heteroatoms. The molecule has 0 spiro atoms. The molecule has 1 aromatic heterocycles. The maximum absolute atomic E-state index is 13.4. The number of carbonyl (C=O) groups excluding carboxylic acids is 4. The molecule has 2 aromatic carbocycles. The van der Waals surface area contributed by atoms with Gasteiger partial charge in [0.2, 0.25) is 12.3 Å². The molecule has 5 N–H and O–H groups in total. The van der Waals surface area contributed by atoms with Crippen LogP contribution in [0.4, 0.5) is 0 Å². The molecule has 0 aliphatic heterocycles. The number of nitrogens with zero attached hydrogens (tertiary/aromatic N) is 1. The highest BCUT2D eigenvalue weighted by molar-refractivity contribution is 7.60. The lowest BCUT2D eigenvalue weighted by atomic mass is 9.90. The lowest BCUT2D eigenvalue weighted by Gasteiger charge is -2.31. The highest BCUT2D eigenvalue weighted by atomic mass is 31.2. The normalized spacial score (nSPS) is 12.4. The van der Waals surface area contributed by atoms with Gasteiger partial charge < -0.3 is 39.5 Å². The van der Waals surface area contributed by atoms with Crippen LogP contribution in [-0.4, -0.2) is 63.5 Å². The van der Waals surface area contributed by atoms with Crippen LogP contribution >= 0.6 is 7.60 Å². The van der Waals surface area contributed by atoms with Gasteiger partial charge in [-0.25, -0.2) is 4.79 Å². The Hall–Kier alpha value is -4.65. The Morgan fingerprint density at radius 2 is 1.77 bits per heavy atom. The molecule has 0 saturated carbocycles. The van der Waals surface area contributed by atoms with E-state index in [4.69, 9.17) is 14.0 Å². The molecule has 254 valence electrons. The lowest BCUT2D eigenvalue weighted by molar-refractivity contribution is -0.171. The summed E-state index contributed by atoms with van der Waals surface area (Å²) in [7, 11) is -4.61. The second kappa shape index (κ2) is 17.3. The number of carbonyl (C=O) groups is 4. The number of rotatable bonds is 18. The molecule has 0 fully saturated rings. The van der Waals surface area contributed by atoms with Gasteiger partial charge in [0, 0.05) is 5.56 Å². The van der Waals surface area contributed by atoms with Crippen molar-refractivity contribution >= 4 is 37.1 Å². The van der Waals surface area contributed by atoms with Gasteiger partial charge in [-0.05, 0) is 62.2 Å². The fraction of sp³-hybridized carbons (Fsp3) is 0.375. The Balaban J connectivity index is 1.70. The van der Waals surface area contributed by atoms with Gasteiger partial charge in [0.25, 0.3) is 5.91 Å². The Labute approximate surface area is 272 Å². The number of phenolic OH excluding ortho intramolecular Hbond substituents is 1. The van der Waals surface area contributed by atoms with Crippen molar-refractivity contribution < 1.29 is 52.6 Å². The number of ether oxygens (including phenoxy) is 1. The number of para-hydroxylation sites is 1. The predicted molar refractivity (Wildman–Crippen MR) is 171 cm³/mol. The summed E-state index contributed by atoms with van der Waals surface area (Å²) in [4.78, 5) is 75.6. The molecule has 14 nitrogen and oxygen atoms in total. The van der Waals surface area contributed by atoms with Crippen LogP contribution in [-0.2, 0) is 19.0 Å². The lowest BCUT2D eigenvalue weighted by Crippen LogP contribution is -2.49. The average molecular weight is 674 g/mol. The molecule has 0 bridgehead atoms. The summed E-state index contributed by atoms with van der Waals surface area (Å²) in [5.74, 6) is -3.00. The van der Waals surface area contributed by atoms with Gasteiger partial charge in [-0.2, -0.15) is 5.06 Å². The minimum Gasteiger partial charge on any atom is -0.507 e. The third-order valence-corrected chi connectivity index (χ3v) is 8.18. The summed E-state index contributed by atoms with van der Waals surface area (Å²) < 4.78 is 22.9. The van der Waals surface area contributed by atoms with Crippen molar-refractivity contribution in [1.82, 2.24) is 15.7 Å². The van der Waals surface area contributed by atoms with Crippen LogP contribution in [0.1, 0.15) is 73.8 Å². The smallest absolute Gasteiger partial charge is 0.366 e. The number of unbranched alkanes of at least 4 members (excludes halogenated alkanes) is 2. The Morgan fingerprint density at radius 1 is 1.02 bits per heavy atom. The first-order valence-electron chi connectivity index (χ1n) is 15.2. The Bertz CT molecular complexity index is 1590. The molecule has 1 unspecified atom stereocenters. The van der Waals surface area contributed by atoms with E-state index in [1.54, 1.807) is 13.8 Å². The van der Waals surface area contributed by atoms with Crippen LogP contribution in [0, 0.1) is 5.92 Å². The molecule has 0 aliphatic rings. The van der Waals surface area contributed by atoms with Crippen LogP contribution in [0.15, 0.2) is 59.0 Å². The van der Waals surface area contributed by atoms with Crippen molar-refractivity contribution in [2.24, 2.45) is 5.92 Å². The molecule has 1 heterocycles. The van der Waals surface area contributed by atoms with E-state index in [2.05, 4.69) is 10.6 Å². The quantitative estimate of drug-likeness (QED) is 0.0431. The Kier molecular flexibility index (Phi) is 13.6. The van der Waals surface area contributed by atoms with Gasteiger partial charge in [-0.1, -0.05) is 45.2 Å². The minimum atomic E-state index is -4.61. The fourth-order valence-electron chi connectivity index (χ4n) is 4.90. The number of hydrogen-bond acceptors (Lipinski definition) is 9. The summed E-state index contributed by atoms with van der Waals surface area (Å²) in [5.41, 5.74) is 0.138. The third kappa shape index (κ3) is 10.2. The fourth-order valence-corrected chi connectivity index (χ4v) is 5.50. The topological polar surface area (TPSA) is 205 Å². The van der Waals surface area contributed by atoms with Crippen molar-refractivity contribution in [1.29, 1.82) is 0 Å². The second-order valence-electron chi connectivity index (χ2n) is 10.5. The van der Waals surface area contributed by atoms with E-state index < -0.39 is 37.3 Å². The van der Waals surface area contributed by atoms with Gasteiger partial charge in [0.05, 0.1) is 30.5 Å². The van der Waals surface area contributed by atoms with Crippen LogP contribution < -0.4 is 20.7 Å². The molecular formula is C32H40N3O11P. The number of aromatic hydroxyl groups is 1.